The maximum absolute atomic E-state index is 11.4. The van der Waals surface area contributed by atoms with Crippen LogP contribution >= 0.6 is 0 Å². The molecular weight excluding hydrogens is 218 g/mol. The molecule has 5 heteroatoms. The molecule has 1 aliphatic rings. The number of carbonyl (C=O) groups is 1. The van der Waals surface area contributed by atoms with E-state index in [0.29, 0.717) is 19.5 Å². The predicted octanol–water partition coefficient (Wildman–Crippen LogP) is -0.0493. The van der Waals surface area contributed by atoms with Gasteiger partial charge in [-0.05, 0) is 20.8 Å². The summed E-state index contributed by atoms with van der Waals surface area (Å²) >= 11 is 0. The number of amides is 1. The second-order valence-corrected chi connectivity index (χ2v) is 5.17. The Balaban J connectivity index is 2.39. The molecule has 0 aromatic heterocycles. The van der Waals surface area contributed by atoms with Gasteiger partial charge in [0.25, 0.3) is 0 Å². The molecule has 1 heterocycles. The molecule has 1 fully saturated rings. The molecule has 0 saturated carbocycles. The lowest BCUT2D eigenvalue weighted by molar-refractivity contribution is -0.135. The van der Waals surface area contributed by atoms with Gasteiger partial charge in [-0.3, -0.25) is 9.69 Å². The number of nitrogens with two attached hydrogens (primary N) is 1. The van der Waals surface area contributed by atoms with Crippen molar-refractivity contribution in [3.8, 4) is 0 Å². The minimum atomic E-state index is -0.177. The van der Waals surface area contributed by atoms with E-state index in [1.807, 2.05) is 6.92 Å². The normalized spacial score (nSPS) is 24.6. The molecule has 1 atom stereocenters. The molecule has 17 heavy (non-hydrogen) atoms. The number of carbonyl (C=O) groups excluding carboxylic acids is 1. The van der Waals surface area contributed by atoms with Crippen LogP contribution in [-0.2, 0) is 9.53 Å². The molecule has 3 N–H and O–H groups in total. The highest BCUT2D eigenvalue weighted by atomic mass is 16.5. The topological polar surface area (TPSA) is 67.6 Å². The van der Waals surface area contributed by atoms with E-state index in [1.54, 1.807) is 0 Å². The summed E-state index contributed by atoms with van der Waals surface area (Å²) < 4.78 is 5.84. The van der Waals surface area contributed by atoms with E-state index in [0.717, 1.165) is 19.6 Å². The van der Waals surface area contributed by atoms with Crippen LogP contribution in [0.4, 0.5) is 0 Å². The summed E-state index contributed by atoms with van der Waals surface area (Å²) in [6.45, 7) is 9.72. The SMILES string of the molecule is CCNC(=O)CCN1CC(CN)OC(C)(C)C1. The number of morpholine rings is 1. The Labute approximate surface area is 104 Å². The fourth-order valence-corrected chi connectivity index (χ4v) is 2.25. The molecule has 100 valence electrons. The molecule has 5 nitrogen and oxygen atoms in total. The van der Waals surface area contributed by atoms with Crippen molar-refractivity contribution in [3.63, 3.8) is 0 Å². The third-order valence-corrected chi connectivity index (χ3v) is 2.84. The molecule has 1 amide bonds. The van der Waals surface area contributed by atoms with Crippen LogP contribution < -0.4 is 11.1 Å². The lowest BCUT2D eigenvalue weighted by Crippen LogP contribution is -2.55. The first kappa shape index (κ1) is 14.4. The summed E-state index contributed by atoms with van der Waals surface area (Å²) in [5, 5.41) is 2.81. The van der Waals surface area contributed by atoms with E-state index in [1.165, 1.54) is 0 Å². The average Bonchev–Trinajstić information content (AvgIpc) is 2.24. The Morgan fingerprint density at radius 3 is 2.88 bits per heavy atom. The van der Waals surface area contributed by atoms with Crippen molar-refractivity contribution < 1.29 is 9.53 Å². The Kier molecular flexibility index (Phi) is 5.36. The van der Waals surface area contributed by atoms with Gasteiger partial charge in [0, 0.05) is 39.1 Å². The van der Waals surface area contributed by atoms with Gasteiger partial charge in [0.1, 0.15) is 0 Å². The third kappa shape index (κ3) is 5.02. The van der Waals surface area contributed by atoms with Gasteiger partial charge < -0.3 is 15.8 Å². The highest BCUT2D eigenvalue weighted by Gasteiger charge is 2.32. The van der Waals surface area contributed by atoms with Crippen molar-refractivity contribution >= 4 is 5.91 Å². The minimum Gasteiger partial charge on any atom is -0.368 e. The summed E-state index contributed by atoms with van der Waals surface area (Å²) in [5.74, 6) is 0.112. The number of rotatable bonds is 5. The van der Waals surface area contributed by atoms with Gasteiger partial charge >= 0.3 is 0 Å². The number of nitrogens with one attached hydrogen (secondary N) is 1. The predicted molar refractivity (Wildman–Crippen MR) is 67.7 cm³/mol. The first-order chi connectivity index (χ1) is 7.96. The van der Waals surface area contributed by atoms with Crippen molar-refractivity contribution in [1.82, 2.24) is 10.2 Å². The van der Waals surface area contributed by atoms with Gasteiger partial charge in [-0.15, -0.1) is 0 Å². The van der Waals surface area contributed by atoms with E-state index in [9.17, 15) is 4.79 Å². The second kappa shape index (κ2) is 6.33. The zero-order chi connectivity index (χ0) is 12.9. The molecule has 0 aromatic rings. The molecule has 0 bridgehead atoms. The summed E-state index contributed by atoms with van der Waals surface area (Å²) in [7, 11) is 0. The number of nitrogens with zero attached hydrogens (tertiary/aromatic N) is 1. The van der Waals surface area contributed by atoms with E-state index in [-0.39, 0.29) is 17.6 Å². The van der Waals surface area contributed by atoms with Crippen molar-refractivity contribution in [3.05, 3.63) is 0 Å². The maximum atomic E-state index is 11.4. The molecule has 1 rings (SSSR count). The highest BCUT2D eigenvalue weighted by Crippen LogP contribution is 2.20. The van der Waals surface area contributed by atoms with Crippen LogP contribution in [0.15, 0.2) is 0 Å². The first-order valence-electron chi connectivity index (χ1n) is 6.34. The molecule has 1 saturated heterocycles. The summed E-state index contributed by atoms with van der Waals surface area (Å²) in [6.07, 6.45) is 0.620. The number of hydrogen-bond acceptors (Lipinski definition) is 4. The van der Waals surface area contributed by atoms with E-state index < -0.39 is 0 Å². The third-order valence-electron chi connectivity index (χ3n) is 2.84. The van der Waals surface area contributed by atoms with E-state index in [4.69, 9.17) is 10.5 Å². The van der Waals surface area contributed by atoms with Crippen LogP contribution in [0.25, 0.3) is 0 Å². The largest absolute Gasteiger partial charge is 0.368 e. The first-order valence-corrected chi connectivity index (χ1v) is 6.34. The van der Waals surface area contributed by atoms with Gasteiger partial charge in [-0.25, -0.2) is 0 Å². The Morgan fingerprint density at radius 2 is 2.29 bits per heavy atom. The Morgan fingerprint density at radius 1 is 1.59 bits per heavy atom. The fraction of sp³-hybridized carbons (Fsp3) is 0.917. The Bertz CT molecular complexity index is 256. The van der Waals surface area contributed by atoms with Crippen LogP contribution in [0, 0.1) is 0 Å². The minimum absolute atomic E-state index is 0.0768. The lowest BCUT2D eigenvalue weighted by atomic mass is 10.0. The second-order valence-electron chi connectivity index (χ2n) is 5.17. The molecule has 0 spiro atoms. The van der Waals surface area contributed by atoms with Gasteiger partial charge in [-0.1, -0.05) is 0 Å². The van der Waals surface area contributed by atoms with Crippen molar-refractivity contribution in [2.45, 2.75) is 38.9 Å². The monoisotopic (exact) mass is 243 g/mol. The quantitative estimate of drug-likeness (QED) is 0.710. The van der Waals surface area contributed by atoms with E-state index >= 15 is 0 Å². The molecule has 1 aliphatic heterocycles. The summed E-state index contributed by atoms with van der Waals surface area (Å²) in [5.41, 5.74) is 5.48. The molecule has 1 unspecified atom stereocenters. The molecular formula is C12H25N3O2. The van der Waals surface area contributed by atoms with Crippen LogP contribution in [0.5, 0.6) is 0 Å². The van der Waals surface area contributed by atoms with Gasteiger partial charge in [0.05, 0.1) is 11.7 Å². The number of ether oxygens (including phenoxy) is 1. The maximum Gasteiger partial charge on any atom is 0.221 e. The number of hydrogen-bond donors (Lipinski definition) is 2. The van der Waals surface area contributed by atoms with Crippen molar-refractivity contribution in [2.24, 2.45) is 5.73 Å². The molecule has 0 aromatic carbocycles. The average molecular weight is 243 g/mol. The van der Waals surface area contributed by atoms with Gasteiger partial charge in [-0.2, -0.15) is 0 Å². The van der Waals surface area contributed by atoms with E-state index in [2.05, 4.69) is 24.1 Å². The zero-order valence-corrected chi connectivity index (χ0v) is 11.2. The lowest BCUT2D eigenvalue weighted by Gasteiger charge is -2.42. The van der Waals surface area contributed by atoms with Crippen LogP contribution in [0.2, 0.25) is 0 Å². The smallest absolute Gasteiger partial charge is 0.221 e. The fourth-order valence-electron chi connectivity index (χ4n) is 2.25. The molecule has 0 radical (unpaired) electrons. The van der Waals surface area contributed by atoms with Crippen LogP contribution in [-0.4, -0.2) is 55.2 Å². The highest BCUT2D eigenvalue weighted by molar-refractivity contribution is 5.75. The van der Waals surface area contributed by atoms with Crippen molar-refractivity contribution in [2.75, 3.05) is 32.7 Å². The zero-order valence-electron chi connectivity index (χ0n) is 11.2. The van der Waals surface area contributed by atoms with Crippen LogP contribution in [0.3, 0.4) is 0 Å². The summed E-state index contributed by atoms with van der Waals surface area (Å²) in [6, 6.07) is 0. The van der Waals surface area contributed by atoms with Crippen molar-refractivity contribution in [1.29, 1.82) is 0 Å². The van der Waals surface area contributed by atoms with Gasteiger partial charge in [0.2, 0.25) is 5.91 Å². The standard InChI is InChI=1S/C12H25N3O2/c1-4-14-11(16)5-6-15-8-10(7-13)17-12(2,3)9-15/h10H,4-9,13H2,1-3H3,(H,14,16). The summed E-state index contributed by atoms with van der Waals surface area (Å²) in [4.78, 5) is 13.7. The Hall–Kier alpha value is -0.650. The molecule has 0 aliphatic carbocycles. The van der Waals surface area contributed by atoms with Crippen LogP contribution in [0.1, 0.15) is 27.2 Å². The van der Waals surface area contributed by atoms with Gasteiger partial charge in [0.15, 0.2) is 0 Å².